The first-order valence-corrected chi connectivity index (χ1v) is 10.6. The van der Waals surface area contributed by atoms with E-state index in [-0.39, 0.29) is 17.1 Å². The van der Waals surface area contributed by atoms with Crippen molar-refractivity contribution in [1.29, 1.82) is 0 Å². The van der Waals surface area contributed by atoms with Gasteiger partial charge in [0, 0.05) is 16.1 Å². The molecule has 0 aliphatic carbocycles. The predicted molar refractivity (Wildman–Crippen MR) is 108 cm³/mol. The van der Waals surface area contributed by atoms with Gasteiger partial charge in [0.15, 0.2) is 0 Å². The Labute approximate surface area is 175 Å². The number of nitro benzene ring substituents is 1. The quantitative estimate of drug-likeness (QED) is 0.294. The number of hydrogen-bond acceptors (Lipinski definition) is 6. The Morgan fingerprint density at radius 3 is 2.21 bits per heavy atom. The van der Waals surface area contributed by atoms with Crippen LogP contribution in [0.25, 0.3) is 0 Å². The number of halogens is 1. The van der Waals surface area contributed by atoms with Crippen LogP contribution in [0.4, 0.5) is 5.69 Å². The van der Waals surface area contributed by atoms with Gasteiger partial charge < -0.3 is 4.74 Å². The first-order valence-electron chi connectivity index (χ1n) is 8.30. The Balaban J connectivity index is 1.98. The molecule has 0 radical (unpaired) electrons. The van der Waals surface area contributed by atoms with E-state index in [1.54, 1.807) is 18.2 Å². The lowest BCUT2D eigenvalue weighted by atomic mass is 10.2. The maximum absolute atomic E-state index is 13.1. The molecule has 0 aliphatic heterocycles. The minimum absolute atomic E-state index is 0.0693. The Morgan fingerprint density at radius 1 is 0.931 bits per heavy atom. The molecule has 0 aromatic heterocycles. The number of esters is 1. The minimum atomic E-state index is -4.33. The van der Waals surface area contributed by atoms with Gasteiger partial charge in [-0.3, -0.25) is 10.1 Å². The summed E-state index contributed by atoms with van der Waals surface area (Å²) in [4.78, 5) is 22.2. The summed E-state index contributed by atoms with van der Waals surface area (Å²) in [5.41, 5.74) is -0.0542. The van der Waals surface area contributed by atoms with Gasteiger partial charge in [0.05, 0.1) is 15.4 Å². The van der Waals surface area contributed by atoms with Gasteiger partial charge in [-0.15, -0.1) is 0 Å². The average Bonchev–Trinajstić information content (AvgIpc) is 2.73. The fourth-order valence-electron chi connectivity index (χ4n) is 2.66. The van der Waals surface area contributed by atoms with E-state index < -0.39 is 31.3 Å². The van der Waals surface area contributed by atoms with E-state index >= 15 is 0 Å². The number of carbonyl (C=O) groups excluding carboxylic acids is 1. The number of sulfone groups is 1. The van der Waals surface area contributed by atoms with Crippen LogP contribution in [0.2, 0.25) is 0 Å². The van der Waals surface area contributed by atoms with Crippen LogP contribution in [-0.2, 0) is 21.2 Å². The molecule has 0 saturated heterocycles. The zero-order valence-electron chi connectivity index (χ0n) is 14.8. The summed E-state index contributed by atoms with van der Waals surface area (Å²) in [5.74, 6) is -0.849. The second kappa shape index (κ2) is 8.54. The van der Waals surface area contributed by atoms with Gasteiger partial charge in [-0.2, -0.15) is 0 Å². The monoisotopic (exact) mass is 475 g/mol. The molecule has 0 fully saturated rings. The number of ether oxygens (including phenoxy) is 1. The number of para-hydroxylation sites is 1. The van der Waals surface area contributed by atoms with Crippen molar-refractivity contribution in [1.82, 2.24) is 0 Å². The molecule has 9 heteroatoms. The van der Waals surface area contributed by atoms with Crippen molar-refractivity contribution in [3.05, 3.63) is 98.5 Å². The fraction of sp³-hybridized carbons (Fsp3) is 0.0500. The number of carbonyl (C=O) groups is 1. The molecule has 3 rings (SSSR count). The summed E-state index contributed by atoms with van der Waals surface area (Å²) in [6.45, 7) is -0.0693. The third kappa shape index (κ3) is 4.36. The average molecular weight is 476 g/mol. The van der Waals surface area contributed by atoms with Gasteiger partial charge in [0.25, 0.3) is 5.69 Å². The smallest absolute Gasteiger partial charge is 0.339 e. The molecule has 0 heterocycles. The van der Waals surface area contributed by atoms with Crippen LogP contribution in [0.5, 0.6) is 0 Å². The second-order valence-corrected chi connectivity index (χ2v) is 8.63. The fourth-order valence-corrected chi connectivity index (χ4v) is 4.67. The normalized spacial score (nSPS) is 11.1. The molecule has 3 aromatic carbocycles. The first-order chi connectivity index (χ1) is 13.8. The summed E-state index contributed by atoms with van der Waals surface area (Å²) in [6, 6.07) is 17.6. The molecule has 0 saturated carbocycles. The van der Waals surface area contributed by atoms with E-state index in [1.165, 1.54) is 36.4 Å². The van der Waals surface area contributed by atoms with Crippen LogP contribution >= 0.6 is 15.9 Å². The number of nitro groups is 1. The molecule has 0 amide bonds. The topological polar surface area (TPSA) is 104 Å². The summed E-state index contributed by atoms with van der Waals surface area (Å²) < 4.78 is 32.2. The van der Waals surface area contributed by atoms with Gasteiger partial charge in [-0.05, 0) is 24.3 Å². The summed E-state index contributed by atoms with van der Waals surface area (Å²) >= 11 is 3.35. The van der Waals surface area contributed by atoms with Crippen LogP contribution in [0, 0.1) is 10.1 Å². The Morgan fingerprint density at radius 2 is 1.52 bits per heavy atom. The predicted octanol–water partition coefficient (Wildman–Crippen LogP) is 4.55. The van der Waals surface area contributed by atoms with Crippen molar-refractivity contribution in [2.24, 2.45) is 0 Å². The first kappa shape index (κ1) is 20.7. The molecule has 7 nitrogen and oxygen atoms in total. The van der Waals surface area contributed by atoms with E-state index in [4.69, 9.17) is 4.74 Å². The van der Waals surface area contributed by atoms with Gasteiger partial charge in [0.1, 0.15) is 11.5 Å². The molecule has 0 bridgehead atoms. The highest BCUT2D eigenvalue weighted by atomic mass is 79.9. The van der Waals surface area contributed by atoms with Gasteiger partial charge in [-0.1, -0.05) is 58.4 Å². The van der Waals surface area contributed by atoms with Crippen LogP contribution < -0.4 is 0 Å². The van der Waals surface area contributed by atoms with Crippen LogP contribution in [0.1, 0.15) is 15.9 Å². The second-order valence-electron chi connectivity index (χ2n) is 5.89. The molecule has 148 valence electrons. The third-order valence-electron chi connectivity index (χ3n) is 4.06. The molecule has 29 heavy (non-hydrogen) atoms. The van der Waals surface area contributed by atoms with Crippen molar-refractivity contribution in [3.8, 4) is 0 Å². The lowest BCUT2D eigenvalue weighted by Gasteiger charge is -2.11. The molecular weight excluding hydrogens is 462 g/mol. The van der Waals surface area contributed by atoms with E-state index in [9.17, 15) is 23.3 Å². The summed E-state index contributed by atoms with van der Waals surface area (Å²) in [5, 5.41) is 11.3. The zero-order chi connectivity index (χ0) is 21.0. The maximum Gasteiger partial charge on any atom is 0.339 e. The molecule has 0 atom stereocenters. The van der Waals surface area contributed by atoms with E-state index in [2.05, 4.69) is 15.9 Å². The Kier molecular flexibility index (Phi) is 6.09. The van der Waals surface area contributed by atoms with Crippen LogP contribution in [-0.4, -0.2) is 19.3 Å². The van der Waals surface area contributed by atoms with Crippen LogP contribution in [0.3, 0.4) is 0 Å². The van der Waals surface area contributed by atoms with Crippen molar-refractivity contribution >= 4 is 37.4 Å². The molecule has 0 aliphatic rings. The Hall–Kier alpha value is -3.04. The van der Waals surface area contributed by atoms with Gasteiger partial charge >= 0.3 is 5.97 Å². The Bertz CT molecular complexity index is 1190. The minimum Gasteiger partial charge on any atom is -0.457 e. The summed E-state index contributed by atoms with van der Waals surface area (Å²) in [6.07, 6.45) is 0. The van der Waals surface area contributed by atoms with Crippen molar-refractivity contribution in [2.45, 2.75) is 16.4 Å². The van der Waals surface area contributed by atoms with Crippen molar-refractivity contribution in [3.63, 3.8) is 0 Å². The highest BCUT2D eigenvalue weighted by Crippen LogP contribution is 2.31. The lowest BCUT2D eigenvalue weighted by molar-refractivity contribution is -0.387. The molecule has 3 aromatic rings. The number of rotatable bonds is 6. The van der Waals surface area contributed by atoms with Crippen molar-refractivity contribution in [2.75, 3.05) is 0 Å². The highest BCUT2D eigenvalue weighted by Gasteiger charge is 2.31. The lowest BCUT2D eigenvalue weighted by Crippen LogP contribution is -2.13. The number of hydrogen-bond donors (Lipinski definition) is 0. The largest absolute Gasteiger partial charge is 0.457 e. The van der Waals surface area contributed by atoms with E-state index in [1.807, 2.05) is 6.07 Å². The van der Waals surface area contributed by atoms with E-state index in [0.29, 0.717) is 5.56 Å². The van der Waals surface area contributed by atoms with Gasteiger partial charge in [0.2, 0.25) is 9.84 Å². The summed E-state index contributed by atoms with van der Waals surface area (Å²) in [7, 11) is -4.33. The highest BCUT2D eigenvalue weighted by molar-refractivity contribution is 9.10. The van der Waals surface area contributed by atoms with Gasteiger partial charge in [-0.25, -0.2) is 13.2 Å². The zero-order valence-corrected chi connectivity index (χ0v) is 17.2. The number of nitrogens with zero attached hydrogens (tertiary/aromatic N) is 1. The SMILES string of the molecule is O=C(OCc1ccccc1Br)c1ccccc1S(=O)(=O)c1ccccc1[N+](=O)[O-]. The molecule has 0 spiro atoms. The molecule has 0 unspecified atom stereocenters. The van der Waals surface area contributed by atoms with E-state index in [0.717, 1.165) is 16.6 Å². The maximum atomic E-state index is 13.1. The van der Waals surface area contributed by atoms with Crippen molar-refractivity contribution < 1.29 is 22.9 Å². The third-order valence-corrected chi connectivity index (χ3v) is 6.70. The molecule has 0 N–H and O–H groups in total. The van der Waals surface area contributed by atoms with Crippen LogP contribution in [0.15, 0.2) is 87.1 Å². The molecular formula is C20H14BrNO6S. The number of benzene rings is 3. The standard InChI is InChI=1S/C20H14BrNO6S/c21-16-9-3-1-7-14(16)13-28-20(23)15-8-2-5-11-18(15)29(26,27)19-12-6-4-10-17(19)22(24)25/h1-12H,13H2.